The van der Waals surface area contributed by atoms with Gasteiger partial charge in [-0.25, -0.2) is 0 Å². The number of ether oxygens (including phenoxy) is 2. The zero-order valence-corrected chi connectivity index (χ0v) is 12.0. The lowest BCUT2D eigenvalue weighted by Gasteiger charge is -2.26. The molecule has 2 aliphatic heterocycles. The first kappa shape index (κ1) is 13.1. The quantitative estimate of drug-likeness (QED) is 0.910. The monoisotopic (exact) mass is 300 g/mol. The van der Waals surface area contributed by atoms with E-state index in [4.69, 9.17) is 9.47 Å². The van der Waals surface area contributed by atoms with Crippen molar-refractivity contribution in [2.75, 3.05) is 19.8 Å². The maximum atomic E-state index is 12.5. The molecule has 114 valence electrons. The van der Waals surface area contributed by atoms with E-state index in [2.05, 4.69) is 15.4 Å². The van der Waals surface area contributed by atoms with E-state index in [1.165, 1.54) is 6.20 Å². The van der Waals surface area contributed by atoms with Crippen LogP contribution in [0.3, 0.4) is 0 Å². The van der Waals surface area contributed by atoms with Crippen LogP contribution in [0.25, 0.3) is 0 Å². The molecular formula is C15H16N4O3. The van der Waals surface area contributed by atoms with Gasteiger partial charge < -0.3 is 14.4 Å². The summed E-state index contributed by atoms with van der Waals surface area (Å²) in [6.07, 6.45) is 3.37. The molecule has 0 radical (unpaired) electrons. The third kappa shape index (κ3) is 2.18. The molecule has 0 spiro atoms. The van der Waals surface area contributed by atoms with Gasteiger partial charge in [0.1, 0.15) is 13.2 Å². The largest absolute Gasteiger partial charge is 0.486 e. The van der Waals surface area contributed by atoms with Crippen LogP contribution in [0, 0.1) is 0 Å². The first-order valence-corrected chi connectivity index (χ1v) is 7.39. The predicted molar refractivity (Wildman–Crippen MR) is 76.8 cm³/mol. The molecule has 2 aromatic rings. The molecule has 1 unspecified atom stereocenters. The zero-order chi connectivity index (χ0) is 14.9. The highest BCUT2D eigenvalue weighted by Crippen LogP contribution is 2.38. The van der Waals surface area contributed by atoms with Gasteiger partial charge in [-0.1, -0.05) is 6.07 Å². The van der Waals surface area contributed by atoms with Gasteiger partial charge in [0.2, 0.25) is 0 Å². The number of carbonyl (C=O) groups excluding carboxylic acids is 1. The SMILES string of the molecule is O=C(c1cn[nH]n1)N1CCCC1c1ccc2c(c1)OCCO2. The molecule has 1 saturated heterocycles. The van der Waals surface area contributed by atoms with Crippen molar-refractivity contribution >= 4 is 5.91 Å². The number of amides is 1. The van der Waals surface area contributed by atoms with E-state index < -0.39 is 0 Å². The second kappa shape index (κ2) is 5.32. The Morgan fingerprint density at radius 3 is 2.95 bits per heavy atom. The van der Waals surface area contributed by atoms with Crippen LogP contribution >= 0.6 is 0 Å². The lowest BCUT2D eigenvalue weighted by molar-refractivity contribution is 0.0729. The predicted octanol–water partition coefficient (Wildman–Crippen LogP) is 1.55. The Morgan fingerprint density at radius 1 is 1.27 bits per heavy atom. The van der Waals surface area contributed by atoms with E-state index in [-0.39, 0.29) is 11.9 Å². The fraction of sp³-hybridized carbons (Fsp3) is 0.400. The first-order valence-electron chi connectivity index (χ1n) is 7.39. The van der Waals surface area contributed by atoms with E-state index in [0.717, 1.165) is 36.4 Å². The number of H-pyrrole nitrogens is 1. The summed E-state index contributed by atoms with van der Waals surface area (Å²) in [5, 5.41) is 10.1. The van der Waals surface area contributed by atoms with E-state index in [1.54, 1.807) is 0 Å². The summed E-state index contributed by atoms with van der Waals surface area (Å²) < 4.78 is 11.2. The van der Waals surface area contributed by atoms with Gasteiger partial charge in [0, 0.05) is 6.54 Å². The zero-order valence-electron chi connectivity index (χ0n) is 12.0. The Morgan fingerprint density at radius 2 is 2.14 bits per heavy atom. The minimum absolute atomic E-state index is 0.0417. The van der Waals surface area contributed by atoms with Gasteiger partial charge >= 0.3 is 0 Å². The van der Waals surface area contributed by atoms with Crippen molar-refractivity contribution in [2.45, 2.75) is 18.9 Å². The number of hydrogen-bond acceptors (Lipinski definition) is 5. The number of rotatable bonds is 2. The second-order valence-corrected chi connectivity index (χ2v) is 5.41. The van der Waals surface area contributed by atoms with Crippen LogP contribution in [-0.2, 0) is 0 Å². The van der Waals surface area contributed by atoms with Crippen LogP contribution in [0.2, 0.25) is 0 Å². The molecule has 7 heteroatoms. The summed E-state index contributed by atoms with van der Waals surface area (Å²) in [5.41, 5.74) is 1.42. The van der Waals surface area contributed by atoms with Crippen molar-refractivity contribution in [3.63, 3.8) is 0 Å². The molecule has 1 atom stereocenters. The Labute approximate surface area is 127 Å². The maximum Gasteiger partial charge on any atom is 0.276 e. The van der Waals surface area contributed by atoms with Gasteiger partial charge in [0.15, 0.2) is 17.2 Å². The Balaban J connectivity index is 1.62. The van der Waals surface area contributed by atoms with Gasteiger partial charge in [0.05, 0.1) is 12.2 Å². The van der Waals surface area contributed by atoms with E-state index in [9.17, 15) is 4.79 Å². The molecule has 0 saturated carbocycles. The second-order valence-electron chi connectivity index (χ2n) is 5.41. The Kier molecular flexibility index (Phi) is 3.17. The molecule has 0 aliphatic carbocycles. The van der Waals surface area contributed by atoms with E-state index in [1.807, 2.05) is 23.1 Å². The molecule has 1 aromatic heterocycles. The van der Waals surface area contributed by atoms with E-state index in [0.29, 0.717) is 18.9 Å². The van der Waals surface area contributed by atoms with Crippen molar-refractivity contribution in [1.82, 2.24) is 20.3 Å². The van der Waals surface area contributed by atoms with Crippen LogP contribution < -0.4 is 9.47 Å². The number of carbonyl (C=O) groups is 1. The van der Waals surface area contributed by atoms with E-state index >= 15 is 0 Å². The van der Waals surface area contributed by atoms with Crippen LogP contribution in [0.15, 0.2) is 24.4 Å². The number of nitrogens with zero attached hydrogens (tertiary/aromatic N) is 3. The molecule has 7 nitrogen and oxygen atoms in total. The van der Waals surface area contributed by atoms with Gasteiger partial charge in [-0.05, 0) is 30.5 Å². The summed E-state index contributed by atoms with van der Waals surface area (Å²) in [7, 11) is 0. The van der Waals surface area contributed by atoms with Gasteiger partial charge in [-0.3, -0.25) is 4.79 Å². The van der Waals surface area contributed by atoms with Crippen molar-refractivity contribution in [3.05, 3.63) is 35.7 Å². The molecule has 0 bridgehead atoms. The number of benzene rings is 1. The molecule has 2 aliphatic rings. The number of aromatic nitrogens is 3. The molecule has 1 fully saturated rings. The number of nitrogens with one attached hydrogen (secondary N) is 1. The molecule has 1 N–H and O–H groups in total. The minimum atomic E-state index is -0.0915. The summed E-state index contributed by atoms with van der Waals surface area (Å²) in [4.78, 5) is 14.4. The molecular weight excluding hydrogens is 284 g/mol. The van der Waals surface area contributed by atoms with Crippen molar-refractivity contribution in [1.29, 1.82) is 0 Å². The molecule has 3 heterocycles. The molecule has 4 rings (SSSR count). The van der Waals surface area contributed by atoms with Gasteiger partial charge in [-0.2, -0.15) is 15.4 Å². The highest BCUT2D eigenvalue weighted by molar-refractivity contribution is 5.92. The summed E-state index contributed by atoms with van der Waals surface area (Å²) in [6.45, 7) is 1.86. The topological polar surface area (TPSA) is 80.3 Å². The van der Waals surface area contributed by atoms with Crippen LogP contribution in [0.5, 0.6) is 11.5 Å². The van der Waals surface area contributed by atoms with Crippen molar-refractivity contribution < 1.29 is 14.3 Å². The standard InChI is InChI=1S/C15H16N4O3/c20-15(11-9-16-18-17-11)19-5-1-2-12(19)10-3-4-13-14(8-10)22-7-6-21-13/h3-4,8-9,12H,1-2,5-7H2,(H,16,17,18). The molecule has 22 heavy (non-hydrogen) atoms. The van der Waals surface area contributed by atoms with Gasteiger partial charge in [0.25, 0.3) is 5.91 Å². The normalized spacial score (nSPS) is 20.2. The minimum Gasteiger partial charge on any atom is -0.486 e. The van der Waals surface area contributed by atoms with Crippen molar-refractivity contribution in [3.8, 4) is 11.5 Å². The number of likely N-dealkylation sites (tertiary alicyclic amines) is 1. The average Bonchev–Trinajstić information content (AvgIpc) is 3.25. The highest BCUT2D eigenvalue weighted by Gasteiger charge is 2.32. The first-order chi connectivity index (χ1) is 10.8. The number of aromatic amines is 1. The lowest BCUT2D eigenvalue weighted by atomic mass is 10.0. The number of fused-ring (bicyclic) bond motifs is 1. The third-order valence-electron chi connectivity index (χ3n) is 4.10. The van der Waals surface area contributed by atoms with Gasteiger partial charge in [-0.15, -0.1) is 0 Å². The van der Waals surface area contributed by atoms with Crippen LogP contribution in [-0.4, -0.2) is 46.0 Å². The Bertz CT molecular complexity index is 686. The lowest BCUT2D eigenvalue weighted by Crippen LogP contribution is -2.31. The average molecular weight is 300 g/mol. The molecule has 1 amide bonds. The molecule has 1 aromatic carbocycles. The highest BCUT2D eigenvalue weighted by atomic mass is 16.6. The fourth-order valence-corrected chi connectivity index (χ4v) is 3.08. The summed E-state index contributed by atoms with van der Waals surface area (Å²) in [5.74, 6) is 1.43. The van der Waals surface area contributed by atoms with Crippen LogP contribution in [0.1, 0.15) is 34.9 Å². The summed E-state index contributed by atoms with van der Waals surface area (Å²) >= 11 is 0. The third-order valence-corrected chi connectivity index (χ3v) is 4.10. The van der Waals surface area contributed by atoms with Crippen molar-refractivity contribution in [2.24, 2.45) is 0 Å². The number of hydrogen-bond donors (Lipinski definition) is 1. The fourth-order valence-electron chi connectivity index (χ4n) is 3.08. The maximum absolute atomic E-state index is 12.5. The Hall–Kier alpha value is -2.57. The smallest absolute Gasteiger partial charge is 0.276 e. The van der Waals surface area contributed by atoms with Crippen LogP contribution in [0.4, 0.5) is 0 Å². The summed E-state index contributed by atoms with van der Waals surface area (Å²) in [6, 6.07) is 5.95.